The molecule has 1 rings (SSSR count). The minimum Gasteiger partial charge on any atom is -0.282 e. The van der Waals surface area contributed by atoms with Gasteiger partial charge in [-0.3, -0.25) is 4.55 Å². The molecule has 1 N–H and O–H groups in total. The van der Waals surface area contributed by atoms with Gasteiger partial charge in [0.2, 0.25) is 0 Å². The van der Waals surface area contributed by atoms with Crippen molar-refractivity contribution in [3.8, 4) is 0 Å². The largest absolute Gasteiger partial charge is 0.294 e. The third-order valence-corrected chi connectivity index (χ3v) is 2.62. The van der Waals surface area contributed by atoms with E-state index in [4.69, 9.17) is 4.55 Å². The molecule has 0 atom stereocenters. The van der Waals surface area contributed by atoms with Gasteiger partial charge in [-0.25, -0.2) is 0 Å². The van der Waals surface area contributed by atoms with Gasteiger partial charge in [-0.1, -0.05) is 26.0 Å². The predicted octanol–water partition coefficient (Wildman–Crippen LogP) is 2.58. The lowest BCUT2D eigenvalue weighted by molar-refractivity contribution is 0.482. The Morgan fingerprint density at radius 1 is 1.14 bits per heavy atom. The molecule has 0 saturated heterocycles. The molecule has 0 unspecified atom stereocenters. The van der Waals surface area contributed by atoms with Gasteiger partial charge in [-0.05, 0) is 31.0 Å². The molecule has 14 heavy (non-hydrogen) atoms. The van der Waals surface area contributed by atoms with E-state index in [1.54, 1.807) is 26.0 Å². The summed E-state index contributed by atoms with van der Waals surface area (Å²) in [5.74, 6) is 0. The summed E-state index contributed by atoms with van der Waals surface area (Å²) in [5.41, 5.74) is 1.37. The first-order valence-corrected chi connectivity index (χ1v) is 5.90. The zero-order valence-corrected chi connectivity index (χ0v) is 9.72. The molecule has 0 saturated carbocycles. The summed E-state index contributed by atoms with van der Waals surface area (Å²) >= 11 is 0. The summed E-state index contributed by atoms with van der Waals surface area (Å²) in [4.78, 5) is -0.0116. The highest BCUT2D eigenvalue weighted by Crippen LogP contribution is 2.15. The van der Waals surface area contributed by atoms with Crippen molar-refractivity contribution in [2.75, 3.05) is 0 Å². The topological polar surface area (TPSA) is 54.4 Å². The van der Waals surface area contributed by atoms with Crippen LogP contribution in [0.25, 0.3) is 0 Å². The van der Waals surface area contributed by atoms with Gasteiger partial charge in [0.1, 0.15) is 0 Å². The summed E-state index contributed by atoms with van der Waals surface area (Å²) in [6.45, 7) is 7.41. The molecule has 1 aromatic carbocycles. The van der Waals surface area contributed by atoms with Crippen molar-refractivity contribution in [3.05, 3.63) is 29.3 Å². The average Bonchev–Trinajstić information content (AvgIpc) is 2.11. The smallest absolute Gasteiger partial charge is 0.282 e. The van der Waals surface area contributed by atoms with E-state index in [0.29, 0.717) is 5.56 Å². The van der Waals surface area contributed by atoms with Gasteiger partial charge < -0.3 is 0 Å². The van der Waals surface area contributed by atoms with Crippen LogP contribution in [-0.4, -0.2) is 13.0 Å². The second-order valence-corrected chi connectivity index (χ2v) is 4.13. The Bertz CT molecular complexity index is 394. The lowest BCUT2D eigenvalue weighted by Crippen LogP contribution is -2.00. The SMILES string of the molecule is CC.Cc1ccc(C)c(S(=O)(=O)O)c1. The molecular formula is C10H16O3S. The molecule has 0 aliphatic heterocycles. The van der Waals surface area contributed by atoms with Crippen molar-refractivity contribution in [2.45, 2.75) is 32.6 Å². The molecule has 4 heteroatoms. The van der Waals surface area contributed by atoms with Gasteiger partial charge in [-0.2, -0.15) is 8.42 Å². The molecule has 0 amide bonds. The Morgan fingerprint density at radius 2 is 1.64 bits per heavy atom. The summed E-state index contributed by atoms with van der Waals surface area (Å²) in [6.07, 6.45) is 0. The van der Waals surface area contributed by atoms with Crippen molar-refractivity contribution in [3.63, 3.8) is 0 Å². The van der Waals surface area contributed by atoms with Crippen molar-refractivity contribution in [1.29, 1.82) is 0 Å². The lowest BCUT2D eigenvalue weighted by atomic mass is 10.2. The third-order valence-electron chi connectivity index (χ3n) is 1.62. The quantitative estimate of drug-likeness (QED) is 0.734. The molecule has 1 aromatic rings. The fraction of sp³-hybridized carbons (Fsp3) is 0.400. The van der Waals surface area contributed by atoms with Crippen LogP contribution in [-0.2, 0) is 10.1 Å². The van der Waals surface area contributed by atoms with E-state index >= 15 is 0 Å². The van der Waals surface area contributed by atoms with Crippen LogP contribution in [0.2, 0.25) is 0 Å². The van der Waals surface area contributed by atoms with Crippen LogP contribution < -0.4 is 0 Å². The van der Waals surface area contributed by atoms with E-state index in [1.807, 2.05) is 13.8 Å². The van der Waals surface area contributed by atoms with Gasteiger partial charge in [0.25, 0.3) is 10.1 Å². The summed E-state index contributed by atoms with van der Waals surface area (Å²) in [7, 11) is -4.06. The Balaban J connectivity index is 0.000000791. The monoisotopic (exact) mass is 216 g/mol. The zero-order chi connectivity index (χ0) is 11.4. The van der Waals surface area contributed by atoms with Gasteiger partial charge in [0.15, 0.2) is 0 Å². The normalized spacial score (nSPS) is 10.4. The maximum absolute atomic E-state index is 10.8. The average molecular weight is 216 g/mol. The van der Waals surface area contributed by atoms with Gasteiger partial charge in [0, 0.05) is 0 Å². The van der Waals surface area contributed by atoms with Gasteiger partial charge in [0.05, 0.1) is 4.90 Å². The third kappa shape index (κ3) is 3.47. The van der Waals surface area contributed by atoms with Crippen LogP contribution >= 0.6 is 0 Å². The predicted molar refractivity (Wildman–Crippen MR) is 57.1 cm³/mol. The number of hydrogen-bond acceptors (Lipinski definition) is 2. The Morgan fingerprint density at radius 3 is 2.00 bits per heavy atom. The minimum atomic E-state index is -4.06. The molecule has 0 bridgehead atoms. The summed E-state index contributed by atoms with van der Waals surface area (Å²) in [5, 5.41) is 0. The summed E-state index contributed by atoms with van der Waals surface area (Å²) in [6, 6.07) is 4.91. The van der Waals surface area contributed by atoms with Crippen LogP contribution in [0.1, 0.15) is 25.0 Å². The van der Waals surface area contributed by atoms with Crippen LogP contribution in [0.4, 0.5) is 0 Å². The molecule has 0 aliphatic carbocycles. The molecular weight excluding hydrogens is 200 g/mol. The Hall–Kier alpha value is -0.870. The van der Waals surface area contributed by atoms with Crippen molar-refractivity contribution >= 4 is 10.1 Å². The maximum atomic E-state index is 10.8. The van der Waals surface area contributed by atoms with Crippen LogP contribution in [0.15, 0.2) is 23.1 Å². The molecule has 0 spiro atoms. The highest BCUT2D eigenvalue weighted by atomic mass is 32.2. The molecule has 0 radical (unpaired) electrons. The molecule has 0 aromatic heterocycles. The standard InChI is InChI=1S/C8H10O3S.C2H6/c1-6-3-4-7(2)8(5-6)12(9,10)11;1-2/h3-5H,1-2H3,(H,9,10,11);1-2H3. The molecule has 80 valence electrons. The van der Waals surface area contributed by atoms with E-state index in [9.17, 15) is 8.42 Å². The van der Waals surface area contributed by atoms with E-state index in [2.05, 4.69) is 0 Å². The number of rotatable bonds is 1. The fourth-order valence-corrected chi connectivity index (χ4v) is 1.79. The summed E-state index contributed by atoms with van der Waals surface area (Å²) < 4.78 is 30.3. The zero-order valence-electron chi connectivity index (χ0n) is 8.90. The number of aryl methyl sites for hydroxylation is 2. The molecule has 3 nitrogen and oxygen atoms in total. The first kappa shape index (κ1) is 13.1. The molecule has 0 fully saturated rings. The number of hydrogen-bond donors (Lipinski definition) is 1. The van der Waals surface area contributed by atoms with Crippen LogP contribution in [0.5, 0.6) is 0 Å². The number of benzene rings is 1. The second kappa shape index (κ2) is 5.12. The van der Waals surface area contributed by atoms with E-state index in [0.717, 1.165) is 5.56 Å². The van der Waals surface area contributed by atoms with E-state index in [1.165, 1.54) is 6.07 Å². The highest BCUT2D eigenvalue weighted by molar-refractivity contribution is 7.85. The first-order valence-electron chi connectivity index (χ1n) is 4.46. The van der Waals surface area contributed by atoms with Crippen LogP contribution in [0, 0.1) is 13.8 Å². The Labute approximate surface area is 85.5 Å². The maximum Gasteiger partial charge on any atom is 0.294 e. The van der Waals surface area contributed by atoms with E-state index in [-0.39, 0.29) is 4.90 Å². The second-order valence-electron chi connectivity index (χ2n) is 2.74. The lowest BCUT2D eigenvalue weighted by Gasteiger charge is -2.02. The van der Waals surface area contributed by atoms with Crippen molar-refractivity contribution in [1.82, 2.24) is 0 Å². The first-order chi connectivity index (χ1) is 6.41. The highest BCUT2D eigenvalue weighted by Gasteiger charge is 2.11. The van der Waals surface area contributed by atoms with Crippen molar-refractivity contribution in [2.24, 2.45) is 0 Å². The van der Waals surface area contributed by atoms with Crippen LogP contribution in [0.3, 0.4) is 0 Å². The van der Waals surface area contributed by atoms with Gasteiger partial charge >= 0.3 is 0 Å². The fourth-order valence-electron chi connectivity index (χ4n) is 0.985. The van der Waals surface area contributed by atoms with Crippen molar-refractivity contribution < 1.29 is 13.0 Å². The minimum absolute atomic E-state index is 0.0116. The Kier molecular flexibility index (Phi) is 4.80. The van der Waals surface area contributed by atoms with E-state index < -0.39 is 10.1 Å². The van der Waals surface area contributed by atoms with Gasteiger partial charge in [-0.15, -0.1) is 0 Å². The molecule has 0 heterocycles. The molecule has 0 aliphatic rings.